The van der Waals surface area contributed by atoms with Crippen LogP contribution in [0.15, 0.2) is 227 Å². The van der Waals surface area contributed by atoms with Gasteiger partial charge < -0.3 is 18.6 Å². The van der Waals surface area contributed by atoms with Gasteiger partial charge in [-0.05, 0) is 93.3 Å². The smallest absolute Gasteiger partial charge is 0.159 e. The van der Waals surface area contributed by atoms with Gasteiger partial charge in [0.2, 0.25) is 0 Å². The van der Waals surface area contributed by atoms with Crippen LogP contribution in [0.25, 0.3) is 87.3 Å². The molecule has 0 saturated carbocycles. The van der Waals surface area contributed by atoms with Crippen LogP contribution in [0, 0.1) is 0 Å². The summed E-state index contributed by atoms with van der Waals surface area (Å²) in [6.07, 6.45) is 0. The van der Waals surface area contributed by atoms with Crippen LogP contribution >= 0.6 is 0 Å². The SMILES string of the molecule is c1ccc(-c2ccc(N(c3ccc4ccc5c(N(c6ccccc6)c6cccc7c6oc6ccccc67)ccc6ccc3c4c65)c3cccc4c3oc3ccccc34)cc2)cc1. The molecule has 13 rings (SSSR count). The van der Waals surface area contributed by atoms with Crippen molar-refractivity contribution in [3.8, 4) is 11.1 Å². The number of furan rings is 2. The van der Waals surface area contributed by atoms with Crippen molar-refractivity contribution in [2.45, 2.75) is 0 Å². The fourth-order valence-corrected chi connectivity index (χ4v) is 9.80. The molecule has 0 aliphatic heterocycles. The number of nitrogens with zero attached hydrogens (tertiary/aromatic N) is 2. The molecular weight excluding hydrogens is 757 g/mol. The van der Waals surface area contributed by atoms with Gasteiger partial charge in [-0.25, -0.2) is 0 Å². The standard InChI is InChI=1S/C58H36N2O2/c1-3-13-37(14-4-1)38-25-31-42(32-26-38)60(52-22-12-20-46-44-18-8-10-24-54(44)62-58(46)52)50-36-30-40-27-33-47-49(35-29-39-28-34-48(50)56(40)55(39)47)59(41-15-5-2-6-16-41)51-21-11-19-45-43-17-7-9-23-53(43)61-57(45)51/h1-36H. The first kappa shape index (κ1) is 34.5. The zero-order valence-corrected chi connectivity index (χ0v) is 33.5. The second kappa shape index (κ2) is 13.6. The van der Waals surface area contributed by atoms with E-state index in [2.05, 4.69) is 216 Å². The third-order valence-corrected chi connectivity index (χ3v) is 12.6. The minimum atomic E-state index is 0.854. The van der Waals surface area contributed by atoms with Crippen molar-refractivity contribution < 1.29 is 8.83 Å². The molecule has 0 fully saturated rings. The van der Waals surface area contributed by atoms with E-state index in [9.17, 15) is 0 Å². The van der Waals surface area contributed by atoms with Crippen LogP contribution in [0.5, 0.6) is 0 Å². The molecular formula is C58H36N2O2. The molecule has 0 radical (unpaired) electrons. The maximum absolute atomic E-state index is 6.75. The molecule has 0 spiro atoms. The lowest BCUT2D eigenvalue weighted by Crippen LogP contribution is -2.12. The number of fused-ring (bicyclic) bond motifs is 6. The van der Waals surface area contributed by atoms with Crippen LogP contribution in [0.3, 0.4) is 0 Å². The molecule has 4 heteroatoms. The highest BCUT2D eigenvalue weighted by molar-refractivity contribution is 6.28. The minimum absolute atomic E-state index is 0.854. The Morgan fingerprint density at radius 3 is 1.21 bits per heavy atom. The fourth-order valence-electron chi connectivity index (χ4n) is 9.80. The average Bonchev–Trinajstić information content (AvgIpc) is 3.92. The Labute approximate surface area is 357 Å². The Kier molecular flexibility index (Phi) is 7.57. The van der Waals surface area contributed by atoms with Gasteiger partial charge >= 0.3 is 0 Å². The first-order valence-corrected chi connectivity index (χ1v) is 21.1. The summed E-state index contributed by atoms with van der Waals surface area (Å²) < 4.78 is 13.4. The van der Waals surface area contributed by atoms with E-state index in [0.29, 0.717) is 0 Å². The summed E-state index contributed by atoms with van der Waals surface area (Å²) in [7, 11) is 0. The van der Waals surface area contributed by atoms with Crippen molar-refractivity contribution in [1.82, 2.24) is 0 Å². The molecule has 0 aliphatic rings. The largest absolute Gasteiger partial charge is 0.454 e. The number of anilines is 6. The monoisotopic (exact) mass is 792 g/mol. The van der Waals surface area contributed by atoms with E-state index in [4.69, 9.17) is 8.83 Å². The summed E-state index contributed by atoms with van der Waals surface area (Å²) >= 11 is 0. The summed E-state index contributed by atoms with van der Waals surface area (Å²) in [5.41, 5.74) is 12.0. The first-order valence-electron chi connectivity index (χ1n) is 21.1. The van der Waals surface area contributed by atoms with E-state index >= 15 is 0 Å². The second-order valence-electron chi connectivity index (χ2n) is 16.0. The lowest BCUT2D eigenvalue weighted by Gasteiger charge is -2.29. The molecule has 0 aliphatic carbocycles. The van der Waals surface area contributed by atoms with E-state index in [1.165, 1.54) is 32.7 Å². The van der Waals surface area contributed by atoms with Gasteiger partial charge in [0.15, 0.2) is 11.2 Å². The van der Waals surface area contributed by atoms with Gasteiger partial charge in [-0.15, -0.1) is 0 Å². The molecule has 0 bridgehead atoms. The predicted molar refractivity (Wildman–Crippen MR) is 260 cm³/mol. The average molecular weight is 793 g/mol. The highest BCUT2D eigenvalue weighted by Crippen LogP contribution is 2.50. The lowest BCUT2D eigenvalue weighted by atomic mass is 9.91. The summed E-state index contributed by atoms with van der Waals surface area (Å²) in [4.78, 5) is 4.74. The van der Waals surface area contributed by atoms with E-state index in [1.807, 2.05) is 12.1 Å². The molecule has 13 aromatic rings. The van der Waals surface area contributed by atoms with Gasteiger partial charge in [0.25, 0.3) is 0 Å². The van der Waals surface area contributed by atoms with Crippen molar-refractivity contribution in [3.63, 3.8) is 0 Å². The van der Waals surface area contributed by atoms with Crippen molar-refractivity contribution in [3.05, 3.63) is 218 Å². The maximum atomic E-state index is 6.75. The number of benzene rings is 11. The highest BCUT2D eigenvalue weighted by atomic mass is 16.3. The molecule has 0 N–H and O–H groups in total. The van der Waals surface area contributed by atoms with Crippen LogP contribution in [0.1, 0.15) is 0 Å². The number of hydrogen-bond acceptors (Lipinski definition) is 4. The van der Waals surface area contributed by atoms with Gasteiger partial charge in [0.1, 0.15) is 11.2 Å². The normalized spacial score (nSPS) is 11.9. The third-order valence-electron chi connectivity index (χ3n) is 12.6. The summed E-state index contributed by atoms with van der Waals surface area (Å²) in [6.45, 7) is 0. The topological polar surface area (TPSA) is 32.8 Å². The van der Waals surface area contributed by atoms with Crippen LogP contribution in [0.4, 0.5) is 34.1 Å². The van der Waals surface area contributed by atoms with Crippen molar-refractivity contribution in [2.75, 3.05) is 9.80 Å². The molecule has 0 saturated heterocycles. The molecule has 4 nitrogen and oxygen atoms in total. The lowest BCUT2D eigenvalue weighted by molar-refractivity contribution is 0.669. The van der Waals surface area contributed by atoms with Crippen LogP contribution in [0.2, 0.25) is 0 Å². The van der Waals surface area contributed by atoms with Crippen LogP contribution < -0.4 is 9.80 Å². The molecule has 62 heavy (non-hydrogen) atoms. The van der Waals surface area contributed by atoms with Crippen LogP contribution in [-0.2, 0) is 0 Å². The zero-order chi connectivity index (χ0) is 40.7. The van der Waals surface area contributed by atoms with E-state index in [0.717, 1.165) is 88.8 Å². The maximum Gasteiger partial charge on any atom is 0.159 e. The molecule has 2 aromatic heterocycles. The van der Waals surface area contributed by atoms with Gasteiger partial charge in [-0.1, -0.05) is 158 Å². The summed E-state index contributed by atoms with van der Waals surface area (Å²) in [5.74, 6) is 0. The van der Waals surface area contributed by atoms with Crippen molar-refractivity contribution in [2.24, 2.45) is 0 Å². The predicted octanol–water partition coefficient (Wildman–Crippen LogP) is 17.0. The Hall–Kier alpha value is -8.34. The van der Waals surface area contributed by atoms with E-state index < -0.39 is 0 Å². The van der Waals surface area contributed by atoms with Crippen LogP contribution in [-0.4, -0.2) is 0 Å². The van der Waals surface area contributed by atoms with Gasteiger partial charge in [0.05, 0.1) is 22.7 Å². The quantitative estimate of drug-likeness (QED) is 0.151. The third kappa shape index (κ3) is 5.20. The number of para-hydroxylation sites is 5. The Balaban J connectivity index is 1.06. The highest BCUT2D eigenvalue weighted by Gasteiger charge is 2.25. The Morgan fingerprint density at radius 2 is 0.677 bits per heavy atom. The second-order valence-corrected chi connectivity index (χ2v) is 16.0. The van der Waals surface area contributed by atoms with E-state index in [1.54, 1.807) is 0 Å². The van der Waals surface area contributed by atoms with Gasteiger partial charge in [-0.2, -0.15) is 0 Å². The number of hydrogen-bond donors (Lipinski definition) is 0. The van der Waals surface area contributed by atoms with Crippen molar-refractivity contribution >= 4 is 110 Å². The molecule has 290 valence electrons. The van der Waals surface area contributed by atoms with Gasteiger partial charge in [0, 0.05) is 43.7 Å². The summed E-state index contributed by atoms with van der Waals surface area (Å²) in [6, 6.07) is 77.9. The fraction of sp³-hybridized carbons (Fsp3) is 0. The number of rotatable bonds is 7. The minimum Gasteiger partial charge on any atom is -0.454 e. The zero-order valence-electron chi connectivity index (χ0n) is 33.5. The Bertz CT molecular complexity index is 3810. The van der Waals surface area contributed by atoms with Gasteiger partial charge in [-0.3, -0.25) is 0 Å². The summed E-state index contributed by atoms with van der Waals surface area (Å²) in [5, 5.41) is 11.5. The molecule has 0 unspecified atom stereocenters. The molecule has 11 aromatic carbocycles. The molecule has 2 heterocycles. The van der Waals surface area contributed by atoms with E-state index in [-0.39, 0.29) is 0 Å². The molecule has 0 atom stereocenters. The Morgan fingerprint density at radius 1 is 0.258 bits per heavy atom. The molecule has 0 amide bonds. The first-order chi connectivity index (χ1) is 30.8. The van der Waals surface area contributed by atoms with Crippen molar-refractivity contribution in [1.29, 1.82) is 0 Å².